The molecule has 0 aromatic carbocycles. The second-order valence-electron chi connectivity index (χ2n) is 3.87. The normalized spacial score (nSPS) is 10.2. The summed E-state index contributed by atoms with van der Waals surface area (Å²) in [4.78, 5) is 26.5. The third-order valence-electron chi connectivity index (χ3n) is 2.38. The summed E-state index contributed by atoms with van der Waals surface area (Å²) in [5.41, 5.74) is -0.134. The maximum atomic E-state index is 11.9. The molecule has 0 fully saturated rings. The van der Waals surface area contributed by atoms with Crippen LogP contribution < -0.4 is 5.32 Å². The number of amides is 1. The minimum absolute atomic E-state index is 0.134. The number of carbonyl (C=O) groups is 2. The number of aromatic nitrogens is 1. The lowest BCUT2D eigenvalue weighted by atomic mass is 10.3. The molecule has 0 aliphatic heterocycles. The van der Waals surface area contributed by atoms with Crippen molar-refractivity contribution in [3.8, 4) is 0 Å². The molecule has 20 heavy (non-hydrogen) atoms. The number of hydrogen-bond donors (Lipinski definition) is 2. The van der Waals surface area contributed by atoms with Crippen molar-refractivity contribution in [1.29, 1.82) is 0 Å². The van der Waals surface area contributed by atoms with Crippen molar-refractivity contribution in [1.82, 2.24) is 4.98 Å². The highest BCUT2D eigenvalue weighted by atomic mass is 32.2. The Morgan fingerprint density at radius 3 is 2.85 bits per heavy atom. The van der Waals surface area contributed by atoms with Gasteiger partial charge in [0.25, 0.3) is 5.91 Å². The van der Waals surface area contributed by atoms with Gasteiger partial charge in [-0.2, -0.15) is 11.8 Å². The van der Waals surface area contributed by atoms with Gasteiger partial charge in [-0.15, -0.1) is 0 Å². The first-order valence-corrected chi connectivity index (χ1v) is 7.09. The van der Waals surface area contributed by atoms with Gasteiger partial charge >= 0.3 is 5.97 Å². The van der Waals surface area contributed by atoms with Crippen molar-refractivity contribution in [2.45, 2.75) is 5.75 Å². The molecule has 0 saturated heterocycles. The third kappa shape index (κ3) is 3.39. The Morgan fingerprint density at radius 2 is 2.15 bits per heavy atom. The summed E-state index contributed by atoms with van der Waals surface area (Å²) < 4.78 is 5.36. The fraction of sp³-hybridized carbons (Fsp3) is 0.154. The summed E-state index contributed by atoms with van der Waals surface area (Å²) >= 11 is 1.59. The average Bonchev–Trinajstić information content (AvgIpc) is 2.88. The quantitative estimate of drug-likeness (QED) is 0.879. The van der Waals surface area contributed by atoms with Crippen LogP contribution in [0.4, 0.5) is 5.82 Å². The summed E-state index contributed by atoms with van der Waals surface area (Å²) in [5, 5.41) is 11.3. The Labute approximate surface area is 119 Å². The molecular formula is C13H12N2O4S. The van der Waals surface area contributed by atoms with Crippen LogP contribution in [0, 0.1) is 0 Å². The van der Waals surface area contributed by atoms with Gasteiger partial charge in [0.1, 0.15) is 11.6 Å². The summed E-state index contributed by atoms with van der Waals surface area (Å²) in [6.45, 7) is 0. The van der Waals surface area contributed by atoms with E-state index < -0.39 is 11.9 Å². The fourth-order valence-electron chi connectivity index (χ4n) is 1.52. The predicted octanol–water partition coefficient (Wildman–Crippen LogP) is 2.49. The first-order valence-electron chi connectivity index (χ1n) is 5.69. The van der Waals surface area contributed by atoms with Crippen LogP contribution in [0.25, 0.3) is 0 Å². The highest BCUT2D eigenvalue weighted by molar-refractivity contribution is 7.97. The SMILES string of the molecule is CSCc1ccc(C(=O)Nc2cccc(C(=O)O)n2)o1. The second-order valence-corrected chi connectivity index (χ2v) is 4.73. The van der Waals surface area contributed by atoms with Gasteiger partial charge in [-0.05, 0) is 30.5 Å². The second kappa shape index (κ2) is 6.25. The van der Waals surface area contributed by atoms with Crippen LogP contribution in [0.2, 0.25) is 0 Å². The molecule has 0 atom stereocenters. The number of carboxylic acids is 1. The highest BCUT2D eigenvalue weighted by Crippen LogP contribution is 2.15. The van der Waals surface area contributed by atoms with Crippen molar-refractivity contribution in [2.75, 3.05) is 11.6 Å². The molecule has 2 aromatic heterocycles. The van der Waals surface area contributed by atoms with Gasteiger partial charge in [0.2, 0.25) is 0 Å². The van der Waals surface area contributed by atoms with Gasteiger partial charge in [-0.3, -0.25) is 4.79 Å². The Bertz CT molecular complexity index is 639. The Kier molecular flexibility index (Phi) is 4.41. The standard InChI is InChI=1S/C13H12N2O4S/c1-20-7-8-5-6-10(19-8)12(16)15-11-4-2-3-9(14-11)13(17)18/h2-6H,7H2,1H3,(H,17,18)(H,14,15,16). The number of nitrogens with one attached hydrogen (secondary N) is 1. The molecule has 6 nitrogen and oxygen atoms in total. The minimum Gasteiger partial charge on any atom is -0.477 e. The van der Waals surface area contributed by atoms with Crippen LogP contribution in [-0.4, -0.2) is 28.2 Å². The van der Waals surface area contributed by atoms with Gasteiger partial charge in [0, 0.05) is 0 Å². The third-order valence-corrected chi connectivity index (χ3v) is 2.96. The van der Waals surface area contributed by atoms with Crippen molar-refractivity contribution in [3.05, 3.63) is 47.5 Å². The van der Waals surface area contributed by atoms with E-state index >= 15 is 0 Å². The van der Waals surface area contributed by atoms with Crippen molar-refractivity contribution < 1.29 is 19.1 Å². The molecule has 2 heterocycles. The van der Waals surface area contributed by atoms with Crippen molar-refractivity contribution in [3.63, 3.8) is 0 Å². The maximum absolute atomic E-state index is 11.9. The van der Waals surface area contributed by atoms with Crippen LogP contribution in [0.1, 0.15) is 26.8 Å². The number of thioether (sulfide) groups is 1. The van der Waals surface area contributed by atoms with Crippen molar-refractivity contribution >= 4 is 29.5 Å². The predicted molar refractivity (Wildman–Crippen MR) is 75.1 cm³/mol. The smallest absolute Gasteiger partial charge is 0.354 e. The molecule has 104 valence electrons. The number of rotatable bonds is 5. The molecule has 0 spiro atoms. The number of hydrogen-bond acceptors (Lipinski definition) is 5. The zero-order valence-electron chi connectivity index (χ0n) is 10.6. The van der Waals surface area contributed by atoms with E-state index in [0.29, 0.717) is 11.5 Å². The first kappa shape index (κ1) is 14.1. The van der Waals surface area contributed by atoms with E-state index in [2.05, 4.69) is 10.3 Å². The zero-order chi connectivity index (χ0) is 14.5. The molecule has 0 aliphatic rings. The van der Waals surface area contributed by atoms with E-state index in [9.17, 15) is 9.59 Å². The molecule has 7 heteroatoms. The summed E-state index contributed by atoms with van der Waals surface area (Å²) in [7, 11) is 0. The number of nitrogens with zero attached hydrogens (tertiary/aromatic N) is 1. The molecule has 0 radical (unpaired) electrons. The number of furan rings is 1. The molecule has 0 unspecified atom stereocenters. The Morgan fingerprint density at radius 1 is 1.35 bits per heavy atom. The van der Waals surface area contributed by atoms with Crippen LogP contribution in [0.15, 0.2) is 34.7 Å². The number of carbonyl (C=O) groups excluding carboxylic acids is 1. The van der Waals surface area contributed by atoms with Gasteiger partial charge in [0.15, 0.2) is 11.5 Å². The van der Waals surface area contributed by atoms with Crippen LogP contribution in [0.3, 0.4) is 0 Å². The lowest BCUT2D eigenvalue weighted by Crippen LogP contribution is -2.13. The summed E-state index contributed by atoms with van der Waals surface area (Å²) in [6.07, 6.45) is 1.93. The monoisotopic (exact) mass is 292 g/mol. The van der Waals surface area contributed by atoms with Crippen molar-refractivity contribution in [2.24, 2.45) is 0 Å². The van der Waals surface area contributed by atoms with Gasteiger partial charge in [0.05, 0.1) is 5.75 Å². The lowest BCUT2D eigenvalue weighted by Gasteiger charge is -2.03. The van der Waals surface area contributed by atoms with E-state index in [-0.39, 0.29) is 17.3 Å². The highest BCUT2D eigenvalue weighted by Gasteiger charge is 2.13. The number of aromatic carboxylic acids is 1. The van der Waals surface area contributed by atoms with E-state index in [1.807, 2.05) is 6.26 Å². The molecule has 0 saturated carbocycles. The van der Waals surface area contributed by atoms with Crippen LogP contribution >= 0.6 is 11.8 Å². The molecule has 2 N–H and O–H groups in total. The molecule has 2 rings (SSSR count). The van der Waals surface area contributed by atoms with E-state index in [4.69, 9.17) is 9.52 Å². The Balaban J connectivity index is 2.10. The number of pyridine rings is 1. The summed E-state index contributed by atoms with van der Waals surface area (Å²) in [6, 6.07) is 7.67. The number of carboxylic acid groups (broad SMARTS) is 1. The van der Waals surface area contributed by atoms with E-state index in [1.165, 1.54) is 18.2 Å². The van der Waals surface area contributed by atoms with Gasteiger partial charge in [-0.1, -0.05) is 6.07 Å². The lowest BCUT2D eigenvalue weighted by molar-refractivity contribution is 0.0690. The van der Waals surface area contributed by atoms with Crippen LogP contribution in [-0.2, 0) is 5.75 Å². The molecule has 0 aliphatic carbocycles. The van der Waals surface area contributed by atoms with Gasteiger partial charge < -0.3 is 14.8 Å². The Hall–Kier alpha value is -2.28. The van der Waals surface area contributed by atoms with Crippen LogP contribution in [0.5, 0.6) is 0 Å². The molecule has 0 bridgehead atoms. The van der Waals surface area contributed by atoms with E-state index in [1.54, 1.807) is 23.9 Å². The first-order chi connectivity index (χ1) is 9.60. The number of anilines is 1. The zero-order valence-corrected chi connectivity index (χ0v) is 11.4. The van der Waals surface area contributed by atoms with E-state index in [0.717, 1.165) is 0 Å². The maximum Gasteiger partial charge on any atom is 0.354 e. The minimum atomic E-state index is -1.15. The van der Waals surface area contributed by atoms with Gasteiger partial charge in [-0.25, -0.2) is 9.78 Å². The molecule has 2 aromatic rings. The average molecular weight is 292 g/mol. The fourth-order valence-corrected chi connectivity index (χ4v) is 1.96. The topological polar surface area (TPSA) is 92.4 Å². The molecule has 1 amide bonds. The molecular weight excluding hydrogens is 280 g/mol. The summed E-state index contributed by atoms with van der Waals surface area (Å²) in [5.74, 6) is 0.0953. The largest absolute Gasteiger partial charge is 0.477 e.